The highest BCUT2D eigenvalue weighted by Crippen LogP contribution is 2.42. The van der Waals surface area contributed by atoms with Gasteiger partial charge in [-0.1, -0.05) is 12.1 Å². The summed E-state index contributed by atoms with van der Waals surface area (Å²) in [6, 6.07) is 7.04. The van der Waals surface area contributed by atoms with Crippen molar-refractivity contribution in [1.82, 2.24) is 20.0 Å². The molecule has 4 unspecified atom stereocenters. The number of nitrogens with zero attached hydrogens (tertiary/aromatic N) is 2. The van der Waals surface area contributed by atoms with Crippen LogP contribution in [0.2, 0.25) is 0 Å². The molecule has 8 heteroatoms. The van der Waals surface area contributed by atoms with Crippen LogP contribution < -0.4 is 27.4 Å². The van der Waals surface area contributed by atoms with Crippen LogP contribution >= 0.6 is 0 Å². The smallest absolute Gasteiger partial charge is 0.332 e. The summed E-state index contributed by atoms with van der Waals surface area (Å²) in [7, 11) is 3.16. The molecule has 0 amide bonds. The van der Waals surface area contributed by atoms with E-state index in [1.165, 1.54) is 11.6 Å². The Labute approximate surface area is 144 Å². The van der Waals surface area contributed by atoms with Crippen LogP contribution in [0.3, 0.4) is 0 Å². The predicted octanol–water partition coefficient (Wildman–Crippen LogP) is -0.214. The Morgan fingerprint density at radius 2 is 1.72 bits per heavy atom. The zero-order valence-corrected chi connectivity index (χ0v) is 14.3. The zero-order valence-electron chi connectivity index (χ0n) is 14.3. The molecule has 3 heterocycles. The van der Waals surface area contributed by atoms with Gasteiger partial charge in [0.05, 0.1) is 11.7 Å². The van der Waals surface area contributed by atoms with Gasteiger partial charge >= 0.3 is 5.69 Å². The first-order valence-corrected chi connectivity index (χ1v) is 8.26. The first-order chi connectivity index (χ1) is 11.9. The first-order valence-electron chi connectivity index (χ1n) is 8.26. The third-order valence-electron chi connectivity index (χ3n) is 5.37. The summed E-state index contributed by atoms with van der Waals surface area (Å²) in [5.41, 5.74) is 7.28. The van der Waals surface area contributed by atoms with E-state index in [4.69, 9.17) is 0 Å². The summed E-state index contributed by atoms with van der Waals surface area (Å²) in [5, 5.41) is 12.9. The molecule has 0 saturated carbocycles. The molecule has 1 aromatic heterocycles. The number of hydrogen-bond acceptors (Lipinski definition) is 6. The van der Waals surface area contributed by atoms with E-state index in [0.717, 1.165) is 10.1 Å². The van der Waals surface area contributed by atoms with Gasteiger partial charge in [-0.3, -0.25) is 19.4 Å². The number of phenols is 1. The van der Waals surface area contributed by atoms with Crippen molar-refractivity contribution in [2.45, 2.75) is 25.0 Å². The van der Waals surface area contributed by atoms with Crippen molar-refractivity contribution in [1.29, 1.82) is 0 Å². The molecule has 1 fully saturated rings. The van der Waals surface area contributed by atoms with Crippen molar-refractivity contribution in [3.05, 3.63) is 56.2 Å². The van der Waals surface area contributed by atoms with Crippen LogP contribution in [0.1, 0.15) is 24.0 Å². The van der Waals surface area contributed by atoms with Gasteiger partial charge < -0.3 is 10.4 Å². The SMILES string of the molecule is CC1NNC2Nc3c(c(=O)n(C)c(=O)n3C)C(c3ccc(O)cc3)C12. The number of aromatic nitrogens is 2. The van der Waals surface area contributed by atoms with Crippen LogP contribution in [0.4, 0.5) is 5.82 Å². The second-order valence-electron chi connectivity index (χ2n) is 6.81. The maximum atomic E-state index is 13.0. The molecule has 0 spiro atoms. The van der Waals surface area contributed by atoms with Crippen molar-refractivity contribution in [2.24, 2.45) is 20.0 Å². The van der Waals surface area contributed by atoms with Gasteiger partial charge in [0.25, 0.3) is 5.56 Å². The van der Waals surface area contributed by atoms with Crippen LogP contribution in [0.25, 0.3) is 0 Å². The van der Waals surface area contributed by atoms with Crippen molar-refractivity contribution >= 4 is 5.82 Å². The summed E-state index contributed by atoms with van der Waals surface area (Å²) >= 11 is 0. The normalized spacial score (nSPS) is 27.5. The fourth-order valence-corrected chi connectivity index (χ4v) is 4.05. The maximum Gasteiger partial charge on any atom is 0.332 e. The molecular weight excluding hydrogens is 322 g/mol. The van der Waals surface area contributed by atoms with Gasteiger partial charge in [-0.05, 0) is 24.6 Å². The molecule has 8 nitrogen and oxygen atoms in total. The van der Waals surface area contributed by atoms with Gasteiger partial charge in [-0.25, -0.2) is 10.2 Å². The Hall–Kier alpha value is -2.58. The van der Waals surface area contributed by atoms with E-state index in [-0.39, 0.29) is 41.0 Å². The number of aromatic hydroxyl groups is 1. The number of hydrogen-bond donors (Lipinski definition) is 4. The maximum absolute atomic E-state index is 13.0. The second kappa shape index (κ2) is 5.47. The molecule has 132 valence electrons. The van der Waals surface area contributed by atoms with Crippen LogP contribution in [0.5, 0.6) is 5.75 Å². The van der Waals surface area contributed by atoms with Gasteiger partial charge in [-0.2, -0.15) is 0 Å². The van der Waals surface area contributed by atoms with E-state index in [1.807, 2.05) is 12.1 Å². The monoisotopic (exact) mass is 343 g/mol. The summed E-state index contributed by atoms with van der Waals surface area (Å²) in [5.74, 6) is 0.585. The molecule has 0 aliphatic carbocycles. The molecule has 4 atom stereocenters. The summed E-state index contributed by atoms with van der Waals surface area (Å²) < 4.78 is 2.62. The molecule has 2 aliphatic heterocycles. The summed E-state index contributed by atoms with van der Waals surface area (Å²) in [6.45, 7) is 2.06. The lowest BCUT2D eigenvalue weighted by atomic mass is 9.75. The second-order valence-corrected chi connectivity index (χ2v) is 6.81. The Balaban J connectivity index is 2.02. The fourth-order valence-electron chi connectivity index (χ4n) is 4.05. The molecule has 4 rings (SSSR count). The highest BCUT2D eigenvalue weighted by Gasteiger charge is 2.46. The lowest BCUT2D eigenvalue weighted by Crippen LogP contribution is -2.50. The topological polar surface area (TPSA) is 100 Å². The Kier molecular flexibility index (Phi) is 3.48. The number of fused-ring (bicyclic) bond motifs is 2. The molecule has 2 aliphatic rings. The number of anilines is 1. The number of hydrazine groups is 1. The predicted molar refractivity (Wildman–Crippen MR) is 93.5 cm³/mol. The van der Waals surface area contributed by atoms with E-state index in [1.54, 1.807) is 19.2 Å². The molecule has 0 radical (unpaired) electrons. The van der Waals surface area contributed by atoms with Crippen LogP contribution in [-0.2, 0) is 14.1 Å². The van der Waals surface area contributed by atoms with Crippen molar-refractivity contribution in [2.75, 3.05) is 5.32 Å². The molecule has 1 saturated heterocycles. The number of phenolic OH excluding ortho intramolecular Hbond substituents is 1. The average molecular weight is 343 g/mol. The average Bonchev–Trinajstić information content (AvgIpc) is 2.98. The van der Waals surface area contributed by atoms with Gasteiger partial charge in [0.1, 0.15) is 11.6 Å². The Bertz CT molecular complexity index is 946. The zero-order chi connectivity index (χ0) is 17.9. The van der Waals surface area contributed by atoms with Crippen LogP contribution in [0.15, 0.2) is 33.9 Å². The van der Waals surface area contributed by atoms with Crippen molar-refractivity contribution in [3.8, 4) is 5.75 Å². The quantitative estimate of drug-likeness (QED) is 0.572. The first kappa shape index (κ1) is 15.9. The Morgan fingerprint density at radius 1 is 1.04 bits per heavy atom. The number of nitrogens with one attached hydrogen (secondary N) is 3. The lowest BCUT2D eigenvalue weighted by molar-refractivity contribution is 0.380. The number of rotatable bonds is 1. The van der Waals surface area contributed by atoms with E-state index in [9.17, 15) is 14.7 Å². The standard InChI is InChI=1S/C17H21N5O3/c1-8-11-12(9-4-6-10(23)7-5-9)13-15(18-14(11)20-19-8)21(2)17(25)22(3)16(13)24/h4-8,11-12,14,18-20,23H,1-3H3. The van der Waals surface area contributed by atoms with E-state index < -0.39 is 0 Å². The van der Waals surface area contributed by atoms with E-state index >= 15 is 0 Å². The molecule has 25 heavy (non-hydrogen) atoms. The molecule has 1 aromatic carbocycles. The summed E-state index contributed by atoms with van der Waals surface area (Å²) in [4.78, 5) is 25.3. The van der Waals surface area contributed by atoms with Gasteiger partial charge in [-0.15, -0.1) is 0 Å². The Morgan fingerprint density at radius 3 is 2.40 bits per heavy atom. The molecule has 0 bridgehead atoms. The van der Waals surface area contributed by atoms with Crippen LogP contribution in [0, 0.1) is 5.92 Å². The lowest BCUT2D eigenvalue weighted by Gasteiger charge is -2.38. The minimum atomic E-state index is -0.363. The minimum Gasteiger partial charge on any atom is -0.508 e. The fraction of sp³-hybridized carbons (Fsp3) is 0.412. The number of benzene rings is 1. The molecular formula is C17H21N5O3. The minimum absolute atomic E-state index is 0.0715. The van der Waals surface area contributed by atoms with Gasteiger partial charge in [0, 0.05) is 32.0 Å². The highest BCUT2D eigenvalue weighted by atomic mass is 16.3. The van der Waals surface area contributed by atoms with Gasteiger partial charge in [0.15, 0.2) is 0 Å². The van der Waals surface area contributed by atoms with Crippen LogP contribution in [-0.4, -0.2) is 26.4 Å². The van der Waals surface area contributed by atoms with E-state index in [0.29, 0.717) is 11.4 Å². The van der Waals surface area contributed by atoms with Crippen molar-refractivity contribution in [3.63, 3.8) is 0 Å². The summed E-state index contributed by atoms with van der Waals surface area (Å²) in [6.07, 6.45) is -0.112. The third-order valence-corrected chi connectivity index (χ3v) is 5.37. The largest absolute Gasteiger partial charge is 0.508 e. The van der Waals surface area contributed by atoms with Crippen molar-refractivity contribution < 1.29 is 5.11 Å². The van der Waals surface area contributed by atoms with Gasteiger partial charge in [0.2, 0.25) is 0 Å². The third kappa shape index (κ3) is 2.21. The molecule has 2 aromatic rings. The molecule has 4 N–H and O–H groups in total. The highest BCUT2D eigenvalue weighted by molar-refractivity contribution is 5.55. The van der Waals surface area contributed by atoms with E-state index in [2.05, 4.69) is 23.1 Å².